The van der Waals surface area contributed by atoms with Gasteiger partial charge in [-0.2, -0.15) is 13.2 Å². The first-order chi connectivity index (χ1) is 19.5. The summed E-state index contributed by atoms with van der Waals surface area (Å²) in [6, 6.07) is 11.2. The van der Waals surface area contributed by atoms with E-state index in [0.717, 1.165) is 50.7 Å². The van der Waals surface area contributed by atoms with E-state index in [1.54, 1.807) is 29.2 Å². The summed E-state index contributed by atoms with van der Waals surface area (Å²) in [5, 5.41) is -0.584. The van der Waals surface area contributed by atoms with Gasteiger partial charge < -0.3 is 9.64 Å². The number of thioether (sulfide) groups is 1. The number of aromatic nitrogens is 1. The molecule has 14 heteroatoms. The molecule has 2 fully saturated rings. The lowest BCUT2D eigenvalue weighted by atomic mass is 9.83. The van der Waals surface area contributed by atoms with E-state index in [1.807, 2.05) is 0 Å². The van der Waals surface area contributed by atoms with Crippen LogP contribution in [0, 0.1) is 5.92 Å². The predicted molar refractivity (Wildman–Crippen MR) is 149 cm³/mol. The van der Waals surface area contributed by atoms with Crippen LogP contribution in [0.5, 0.6) is 0 Å². The summed E-state index contributed by atoms with van der Waals surface area (Å²) in [7, 11) is 0. The molecule has 3 atom stereocenters. The van der Waals surface area contributed by atoms with Crippen LogP contribution in [-0.2, 0) is 31.8 Å². The largest absolute Gasteiger partial charge is 0.416 e. The molecule has 2 aromatic carbocycles. The van der Waals surface area contributed by atoms with Crippen molar-refractivity contribution in [2.45, 2.75) is 28.9 Å². The number of hydrogen-bond donors (Lipinski definition) is 0. The Morgan fingerprint density at radius 3 is 2.41 bits per heavy atom. The van der Waals surface area contributed by atoms with E-state index < -0.39 is 40.6 Å². The number of amides is 3. The molecule has 2 unspecified atom stereocenters. The van der Waals surface area contributed by atoms with Gasteiger partial charge in [-0.05, 0) is 35.9 Å². The molecule has 2 saturated heterocycles. The van der Waals surface area contributed by atoms with Gasteiger partial charge in [0, 0.05) is 28.4 Å². The van der Waals surface area contributed by atoms with Crippen molar-refractivity contribution < 1.29 is 32.3 Å². The fourth-order valence-electron chi connectivity index (χ4n) is 5.41. The first-order valence-corrected chi connectivity index (χ1v) is 15.1. The van der Waals surface area contributed by atoms with Gasteiger partial charge in [0.1, 0.15) is 11.8 Å². The maximum Gasteiger partial charge on any atom is 0.416 e. The summed E-state index contributed by atoms with van der Waals surface area (Å²) in [6.07, 6.45) is -4.66. The van der Waals surface area contributed by atoms with Crippen molar-refractivity contribution in [3.05, 3.63) is 78.7 Å². The highest BCUT2D eigenvalue weighted by molar-refractivity contribution is 9.10. The third-order valence-corrected chi connectivity index (χ3v) is 10.5. The number of anilines is 1. The van der Waals surface area contributed by atoms with Gasteiger partial charge in [0.05, 0.1) is 35.4 Å². The number of fused-ring (bicyclic) bond motifs is 2. The molecule has 3 aliphatic heterocycles. The minimum atomic E-state index is -4.66. The zero-order valence-corrected chi connectivity index (χ0v) is 24.3. The van der Waals surface area contributed by atoms with Gasteiger partial charge in [0.25, 0.3) is 0 Å². The van der Waals surface area contributed by atoms with Crippen LogP contribution in [0.3, 0.4) is 0 Å². The summed E-state index contributed by atoms with van der Waals surface area (Å²) in [5.74, 6) is -3.24. The SMILES string of the molecule is O=C(Cn1c2c(sc1=O)[C@H](c1ccc(Br)cc1)C1C(=O)N(c3cccc(C(F)(F)F)c3)C(=O)C1S2)N1CCOCC1. The molecule has 41 heavy (non-hydrogen) atoms. The Morgan fingerprint density at radius 1 is 1.02 bits per heavy atom. The highest BCUT2D eigenvalue weighted by Gasteiger charge is 2.57. The molecule has 3 aliphatic rings. The van der Waals surface area contributed by atoms with Gasteiger partial charge in [0.2, 0.25) is 17.7 Å². The van der Waals surface area contributed by atoms with Crippen LogP contribution in [0.15, 0.2) is 62.8 Å². The number of carbonyl (C=O) groups is 3. The number of hydrogen-bond acceptors (Lipinski definition) is 7. The third-order valence-electron chi connectivity index (χ3n) is 7.37. The molecule has 3 aromatic rings. The summed E-state index contributed by atoms with van der Waals surface area (Å²) in [6.45, 7) is 1.36. The van der Waals surface area contributed by atoms with Crippen molar-refractivity contribution in [1.29, 1.82) is 0 Å². The average molecular weight is 669 g/mol. The lowest BCUT2D eigenvalue weighted by molar-refractivity contribution is -0.138. The highest BCUT2D eigenvalue weighted by Crippen LogP contribution is 2.54. The number of thiazole rings is 1. The number of benzene rings is 2. The smallest absolute Gasteiger partial charge is 0.378 e. The quantitative estimate of drug-likeness (QED) is 0.385. The average Bonchev–Trinajstić information content (AvgIpc) is 3.39. The minimum absolute atomic E-state index is 0.164. The zero-order valence-electron chi connectivity index (χ0n) is 21.1. The second-order valence-electron chi connectivity index (χ2n) is 9.77. The van der Waals surface area contributed by atoms with Crippen molar-refractivity contribution in [1.82, 2.24) is 9.47 Å². The van der Waals surface area contributed by atoms with Crippen LogP contribution in [0.1, 0.15) is 21.9 Å². The summed E-state index contributed by atoms with van der Waals surface area (Å²) < 4.78 is 47.8. The van der Waals surface area contributed by atoms with E-state index in [1.165, 1.54) is 10.6 Å². The fourth-order valence-corrected chi connectivity index (χ4v) is 8.45. The normalized spacial score (nSPS) is 22.6. The lowest BCUT2D eigenvalue weighted by Gasteiger charge is -2.31. The first kappa shape index (κ1) is 28.2. The number of halogens is 4. The molecule has 0 bridgehead atoms. The Kier molecular flexibility index (Phi) is 7.37. The van der Waals surface area contributed by atoms with Gasteiger partial charge in [-0.25, -0.2) is 4.90 Å². The summed E-state index contributed by atoms with van der Waals surface area (Å²) in [5.41, 5.74) is -0.468. The molecule has 3 amide bonds. The Labute approximate surface area is 248 Å². The Balaban J connectivity index is 1.43. The van der Waals surface area contributed by atoms with Crippen molar-refractivity contribution in [3.8, 4) is 0 Å². The number of ether oxygens (including phenoxy) is 1. The summed E-state index contributed by atoms with van der Waals surface area (Å²) in [4.78, 5) is 56.6. The number of alkyl halides is 3. The van der Waals surface area contributed by atoms with E-state index in [0.29, 0.717) is 41.8 Å². The number of morpholine rings is 1. The Morgan fingerprint density at radius 2 is 1.73 bits per heavy atom. The van der Waals surface area contributed by atoms with Gasteiger partial charge >= 0.3 is 11.0 Å². The van der Waals surface area contributed by atoms with Crippen LogP contribution in [0.4, 0.5) is 18.9 Å². The highest BCUT2D eigenvalue weighted by atomic mass is 79.9. The number of rotatable bonds is 4. The van der Waals surface area contributed by atoms with Crippen molar-refractivity contribution in [2.24, 2.45) is 5.92 Å². The minimum Gasteiger partial charge on any atom is -0.378 e. The number of carbonyl (C=O) groups excluding carboxylic acids is 3. The van der Waals surface area contributed by atoms with Crippen LogP contribution in [0.2, 0.25) is 0 Å². The third kappa shape index (κ3) is 5.04. The van der Waals surface area contributed by atoms with Crippen LogP contribution in [0.25, 0.3) is 0 Å². The first-order valence-electron chi connectivity index (χ1n) is 12.6. The summed E-state index contributed by atoms with van der Waals surface area (Å²) >= 11 is 5.33. The second kappa shape index (κ2) is 10.7. The van der Waals surface area contributed by atoms with Gasteiger partial charge in [-0.1, -0.05) is 57.2 Å². The molecule has 0 aliphatic carbocycles. The van der Waals surface area contributed by atoms with Crippen molar-refractivity contribution in [3.63, 3.8) is 0 Å². The van der Waals surface area contributed by atoms with Gasteiger partial charge in [-0.15, -0.1) is 0 Å². The molecule has 6 rings (SSSR count). The zero-order chi connectivity index (χ0) is 29.1. The van der Waals surface area contributed by atoms with E-state index in [9.17, 15) is 32.3 Å². The maximum absolute atomic E-state index is 13.9. The molecular formula is C27H21BrF3N3O5S2. The van der Waals surface area contributed by atoms with E-state index >= 15 is 0 Å². The number of imide groups is 1. The Bertz CT molecular complexity index is 1600. The van der Waals surface area contributed by atoms with Crippen molar-refractivity contribution in [2.75, 3.05) is 31.2 Å². The molecule has 0 spiro atoms. The van der Waals surface area contributed by atoms with Crippen LogP contribution in [-0.4, -0.2) is 58.7 Å². The predicted octanol–water partition coefficient (Wildman–Crippen LogP) is 4.35. The van der Waals surface area contributed by atoms with Gasteiger partial charge in [-0.3, -0.25) is 23.7 Å². The second-order valence-corrected chi connectivity index (χ2v) is 12.8. The lowest BCUT2D eigenvalue weighted by Crippen LogP contribution is -2.43. The van der Waals surface area contributed by atoms with Crippen LogP contribution < -0.4 is 9.77 Å². The molecule has 0 radical (unpaired) electrons. The van der Waals surface area contributed by atoms with E-state index in [2.05, 4.69) is 15.9 Å². The standard InChI is InChI=1S/C27H21BrF3N3O5S2/c28-16-6-4-14(5-7-16)19-20-21(24(37)34(23(20)36)17-3-1-2-15(12-17)27(29,30)31)40-25-22(19)41-26(38)33(25)13-18(35)32-8-10-39-11-9-32/h1-7,12,19-21H,8-11,13H2/t19-,20?,21?/m1/s1. The van der Waals surface area contributed by atoms with Crippen molar-refractivity contribution >= 4 is 62.4 Å². The molecule has 214 valence electrons. The molecule has 8 nitrogen and oxygen atoms in total. The monoisotopic (exact) mass is 667 g/mol. The molecular weight excluding hydrogens is 647 g/mol. The topological polar surface area (TPSA) is 88.9 Å². The Hall–Kier alpha value is -2.94. The van der Waals surface area contributed by atoms with Gasteiger partial charge in [0.15, 0.2) is 0 Å². The fraction of sp³-hybridized carbons (Fsp3) is 0.333. The number of nitrogens with zero attached hydrogens (tertiary/aromatic N) is 3. The maximum atomic E-state index is 13.9. The molecule has 1 aromatic heterocycles. The van der Waals surface area contributed by atoms with E-state index in [4.69, 9.17) is 4.74 Å². The van der Waals surface area contributed by atoms with Crippen LogP contribution >= 0.6 is 39.0 Å². The molecule has 4 heterocycles. The van der Waals surface area contributed by atoms with E-state index in [-0.39, 0.29) is 23.0 Å². The molecule has 0 saturated carbocycles. The molecule has 0 N–H and O–H groups in total.